The van der Waals surface area contributed by atoms with Crippen molar-refractivity contribution >= 4 is 27.7 Å². The first-order chi connectivity index (χ1) is 7.50. The SMILES string of the molecule is CC(Br)c1ccc2c(c1)C(=O)N(C)C(=O)C2. The monoisotopic (exact) mass is 281 g/mol. The minimum absolute atomic E-state index is 0.142. The lowest BCUT2D eigenvalue weighted by Crippen LogP contribution is -2.39. The minimum Gasteiger partial charge on any atom is -0.281 e. The molecular weight excluding hydrogens is 270 g/mol. The Morgan fingerprint density at radius 2 is 2.06 bits per heavy atom. The number of likely N-dealkylation sites (N-methyl/N-ethyl adjacent to an activating group) is 1. The van der Waals surface area contributed by atoms with Gasteiger partial charge >= 0.3 is 0 Å². The van der Waals surface area contributed by atoms with Crippen molar-refractivity contribution < 1.29 is 9.59 Å². The standard InChI is InChI=1S/C12H12BrNO2/c1-7(13)8-3-4-9-6-11(15)14(2)12(16)10(9)5-8/h3-5,7H,6H2,1-2H3. The summed E-state index contributed by atoms with van der Waals surface area (Å²) in [4.78, 5) is 24.8. The van der Waals surface area contributed by atoms with E-state index in [1.165, 1.54) is 11.9 Å². The summed E-state index contributed by atoms with van der Waals surface area (Å²) in [6.45, 7) is 2.00. The van der Waals surface area contributed by atoms with Gasteiger partial charge in [0.15, 0.2) is 0 Å². The molecule has 0 saturated heterocycles. The van der Waals surface area contributed by atoms with Crippen LogP contribution in [0.5, 0.6) is 0 Å². The largest absolute Gasteiger partial charge is 0.281 e. The first-order valence-corrected chi connectivity index (χ1v) is 6.00. The first kappa shape index (κ1) is 11.3. The molecule has 1 heterocycles. The Morgan fingerprint density at radius 3 is 2.69 bits per heavy atom. The summed E-state index contributed by atoms with van der Waals surface area (Å²) in [5.74, 6) is -0.349. The highest BCUT2D eigenvalue weighted by Crippen LogP contribution is 2.26. The van der Waals surface area contributed by atoms with Crippen molar-refractivity contribution in [1.82, 2.24) is 4.90 Å². The number of halogens is 1. The molecule has 1 unspecified atom stereocenters. The number of hydrogen-bond donors (Lipinski definition) is 0. The minimum atomic E-state index is -0.207. The third-order valence-corrected chi connectivity index (χ3v) is 3.37. The van der Waals surface area contributed by atoms with Crippen molar-refractivity contribution in [3.8, 4) is 0 Å². The van der Waals surface area contributed by atoms with Gasteiger partial charge in [0.25, 0.3) is 5.91 Å². The van der Waals surface area contributed by atoms with E-state index in [1.807, 2.05) is 25.1 Å². The summed E-state index contributed by atoms with van der Waals surface area (Å²) < 4.78 is 0. The fourth-order valence-corrected chi connectivity index (χ4v) is 2.05. The third-order valence-electron chi connectivity index (χ3n) is 2.84. The van der Waals surface area contributed by atoms with Crippen LogP contribution in [-0.4, -0.2) is 23.8 Å². The van der Waals surface area contributed by atoms with Crippen molar-refractivity contribution in [1.29, 1.82) is 0 Å². The molecule has 0 N–H and O–H groups in total. The maximum atomic E-state index is 11.9. The smallest absolute Gasteiger partial charge is 0.260 e. The number of fused-ring (bicyclic) bond motifs is 1. The van der Waals surface area contributed by atoms with Gasteiger partial charge in [-0.05, 0) is 24.1 Å². The number of benzene rings is 1. The van der Waals surface area contributed by atoms with Crippen molar-refractivity contribution in [3.63, 3.8) is 0 Å². The highest BCUT2D eigenvalue weighted by atomic mass is 79.9. The van der Waals surface area contributed by atoms with E-state index in [0.717, 1.165) is 11.1 Å². The molecule has 84 valence electrons. The maximum absolute atomic E-state index is 11.9. The van der Waals surface area contributed by atoms with Gasteiger partial charge in [-0.3, -0.25) is 14.5 Å². The molecule has 0 radical (unpaired) electrons. The zero-order valence-electron chi connectivity index (χ0n) is 9.16. The van der Waals surface area contributed by atoms with Crippen LogP contribution in [0.15, 0.2) is 18.2 Å². The predicted octanol–water partition coefficient (Wildman–Crippen LogP) is 2.30. The maximum Gasteiger partial charge on any atom is 0.260 e. The summed E-state index contributed by atoms with van der Waals surface area (Å²) in [7, 11) is 1.53. The van der Waals surface area contributed by atoms with E-state index in [-0.39, 0.29) is 16.6 Å². The number of hydrogen-bond acceptors (Lipinski definition) is 2. The van der Waals surface area contributed by atoms with E-state index in [9.17, 15) is 9.59 Å². The molecule has 2 amide bonds. The molecule has 0 aromatic heterocycles. The van der Waals surface area contributed by atoms with E-state index in [0.29, 0.717) is 12.0 Å². The van der Waals surface area contributed by atoms with Gasteiger partial charge in [0.1, 0.15) is 0 Å². The number of carbonyl (C=O) groups excluding carboxylic acids is 2. The molecule has 0 saturated carbocycles. The number of imide groups is 1. The zero-order chi connectivity index (χ0) is 11.9. The Morgan fingerprint density at radius 1 is 1.38 bits per heavy atom. The van der Waals surface area contributed by atoms with E-state index >= 15 is 0 Å². The molecular formula is C12H12BrNO2. The molecule has 0 aliphatic carbocycles. The summed E-state index contributed by atoms with van der Waals surface area (Å²) in [5, 5.41) is 0. The quantitative estimate of drug-likeness (QED) is 0.585. The second-order valence-corrected chi connectivity index (χ2v) is 5.34. The van der Waals surface area contributed by atoms with E-state index in [1.54, 1.807) is 0 Å². The van der Waals surface area contributed by atoms with E-state index < -0.39 is 0 Å². The van der Waals surface area contributed by atoms with Gasteiger partial charge in [-0.1, -0.05) is 28.1 Å². The lowest BCUT2D eigenvalue weighted by atomic mass is 9.96. The molecule has 0 spiro atoms. The Bertz CT molecular complexity index is 468. The van der Waals surface area contributed by atoms with Gasteiger partial charge in [-0.25, -0.2) is 0 Å². The number of nitrogens with zero attached hydrogens (tertiary/aromatic N) is 1. The lowest BCUT2D eigenvalue weighted by Gasteiger charge is -2.23. The third kappa shape index (κ3) is 1.78. The average molecular weight is 282 g/mol. The lowest BCUT2D eigenvalue weighted by molar-refractivity contribution is -0.127. The molecule has 0 bridgehead atoms. The van der Waals surface area contributed by atoms with Gasteiger partial charge < -0.3 is 0 Å². The molecule has 1 aliphatic rings. The Balaban J connectivity index is 2.51. The number of alkyl halides is 1. The highest BCUT2D eigenvalue weighted by Gasteiger charge is 2.28. The fourth-order valence-electron chi connectivity index (χ4n) is 1.77. The molecule has 1 aromatic carbocycles. The average Bonchev–Trinajstić information content (AvgIpc) is 2.25. The molecule has 2 rings (SSSR count). The Labute approximate surface area is 103 Å². The first-order valence-electron chi connectivity index (χ1n) is 5.08. The van der Waals surface area contributed by atoms with Crippen LogP contribution in [0, 0.1) is 0 Å². The van der Waals surface area contributed by atoms with Crippen LogP contribution in [-0.2, 0) is 11.2 Å². The van der Waals surface area contributed by atoms with Crippen molar-refractivity contribution in [2.75, 3.05) is 7.05 Å². The van der Waals surface area contributed by atoms with Crippen LogP contribution in [0.25, 0.3) is 0 Å². The summed E-state index contributed by atoms with van der Waals surface area (Å²) in [6.07, 6.45) is 0.314. The van der Waals surface area contributed by atoms with Gasteiger partial charge in [-0.2, -0.15) is 0 Å². The van der Waals surface area contributed by atoms with Gasteiger partial charge in [-0.15, -0.1) is 0 Å². The number of carbonyl (C=O) groups is 2. The Kier molecular flexibility index (Phi) is 2.84. The van der Waals surface area contributed by atoms with Crippen molar-refractivity contribution in [2.24, 2.45) is 0 Å². The molecule has 3 nitrogen and oxygen atoms in total. The van der Waals surface area contributed by atoms with Crippen LogP contribution < -0.4 is 0 Å². The van der Waals surface area contributed by atoms with Gasteiger partial charge in [0, 0.05) is 17.4 Å². The van der Waals surface area contributed by atoms with Gasteiger partial charge in [0.2, 0.25) is 5.91 Å². The van der Waals surface area contributed by atoms with Crippen molar-refractivity contribution in [2.45, 2.75) is 18.2 Å². The predicted molar refractivity (Wildman–Crippen MR) is 64.6 cm³/mol. The molecule has 1 atom stereocenters. The summed E-state index contributed by atoms with van der Waals surface area (Å²) >= 11 is 3.47. The molecule has 16 heavy (non-hydrogen) atoms. The molecule has 0 fully saturated rings. The van der Waals surface area contributed by atoms with Crippen molar-refractivity contribution in [3.05, 3.63) is 34.9 Å². The van der Waals surface area contributed by atoms with Crippen LogP contribution in [0.2, 0.25) is 0 Å². The topological polar surface area (TPSA) is 37.4 Å². The summed E-state index contributed by atoms with van der Waals surface area (Å²) in [6, 6.07) is 5.68. The van der Waals surface area contributed by atoms with E-state index in [2.05, 4.69) is 15.9 Å². The van der Waals surface area contributed by atoms with Crippen LogP contribution >= 0.6 is 15.9 Å². The molecule has 4 heteroatoms. The zero-order valence-corrected chi connectivity index (χ0v) is 10.7. The molecule has 1 aromatic rings. The number of amides is 2. The fraction of sp³-hybridized carbons (Fsp3) is 0.333. The Hall–Kier alpha value is -1.16. The van der Waals surface area contributed by atoms with Gasteiger partial charge in [0.05, 0.1) is 6.42 Å². The van der Waals surface area contributed by atoms with Crippen LogP contribution in [0.1, 0.15) is 33.2 Å². The normalized spacial score (nSPS) is 17.3. The number of rotatable bonds is 1. The van der Waals surface area contributed by atoms with E-state index in [4.69, 9.17) is 0 Å². The highest BCUT2D eigenvalue weighted by molar-refractivity contribution is 9.09. The molecule has 1 aliphatic heterocycles. The second kappa shape index (κ2) is 4.01. The van der Waals surface area contributed by atoms with Crippen LogP contribution in [0.4, 0.5) is 0 Å². The van der Waals surface area contributed by atoms with Crippen LogP contribution in [0.3, 0.4) is 0 Å². The second-order valence-electron chi connectivity index (χ2n) is 3.97. The summed E-state index contributed by atoms with van der Waals surface area (Å²) in [5.41, 5.74) is 2.52.